The van der Waals surface area contributed by atoms with Crippen LogP contribution in [0, 0.1) is 11.7 Å². The molecule has 0 fully saturated rings. The molecule has 0 spiro atoms. The fourth-order valence-corrected chi connectivity index (χ4v) is 4.02. The predicted molar refractivity (Wildman–Crippen MR) is 109 cm³/mol. The molecule has 0 bridgehead atoms. The van der Waals surface area contributed by atoms with Crippen molar-refractivity contribution in [2.24, 2.45) is 5.92 Å². The van der Waals surface area contributed by atoms with Crippen LogP contribution in [0.1, 0.15) is 44.2 Å². The van der Waals surface area contributed by atoms with Crippen LogP contribution in [0.3, 0.4) is 0 Å². The Morgan fingerprint density at radius 2 is 1.93 bits per heavy atom. The highest BCUT2D eigenvalue weighted by atomic mass is 35.5. The minimum atomic E-state index is -0.668. The van der Waals surface area contributed by atoms with Gasteiger partial charge in [-0.05, 0) is 48.1 Å². The second-order valence-corrected chi connectivity index (χ2v) is 7.71. The van der Waals surface area contributed by atoms with E-state index in [1.807, 2.05) is 32.0 Å². The van der Waals surface area contributed by atoms with Gasteiger partial charge in [-0.3, -0.25) is 4.79 Å². The summed E-state index contributed by atoms with van der Waals surface area (Å²) in [7, 11) is 0. The number of allylic oxidation sites excluding steroid dienone is 2. The zero-order valence-electron chi connectivity index (χ0n) is 15.3. The molecule has 0 saturated carbocycles. The van der Waals surface area contributed by atoms with E-state index in [-0.39, 0.29) is 27.5 Å². The minimum absolute atomic E-state index is 0.0396. The molecule has 0 heterocycles. The number of benzene rings is 2. The first-order valence-corrected chi connectivity index (χ1v) is 9.84. The first-order chi connectivity index (χ1) is 12.8. The van der Waals surface area contributed by atoms with Crippen molar-refractivity contribution < 1.29 is 14.3 Å². The monoisotopic (exact) mass is 406 g/mol. The number of ketones is 1. The van der Waals surface area contributed by atoms with Gasteiger partial charge in [0.1, 0.15) is 5.76 Å². The van der Waals surface area contributed by atoms with Crippen LogP contribution in [0.4, 0.5) is 4.39 Å². The molecule has 1 N–H and O–H groups in total. The first-order valence-electron chi connectivity index (χ1n) is 9.08. The highest BCUT2D eigenvalue weighted by Crippen LogP contribution is 2.38. The van der Waals surface area contributed by atoms with Gasteiger partial charge in [-0.1, -0.05) is 55.2 Å². The zero-order valence-corrected chi connectivity index (χ0v) is 16.8. The van der Waals surface area contributed by atoms with Gasteiger partial charge < -0.3 is 5.11 Å². The van der Waals surface area contributed by atoms with Gasteiger partial charge in [-0.15, -0.1) is 0 Å². The molecule has 5 heteroatoms. The molecule has 0 amide bonds. The van der Waals surface area contributed by atoms with E-state index in [1.165, 1.54) is 6.07 Å². The number of halogens is 3. The maximum atomic E-state index is 14.1. The quantitative estimate of drug-likeness (QED) is 0.555. The van der Waals surface area contributed by atoms with E-state index < -0.39 is 5.82 Å². The lowest BCUT2D eigenvalue weighted by molar-refractivity contribution is -0.113. The van der Waals surface area contributed by atoms with Crippen molar-refractivity contribution >= 4 is 34.6 Å². The van der Waals surface area contributed by atoms with Crippen molar-refractivity contribution in [3.05, 3.63) is 63.1 Å². The number of rotatable bonds is 3. The van der Waals surface area contributed by atoms with E-state index >= 15 is 0 Å². The number of hydrogen-bond donors (Lipinski definition) is 1. The third-order valence-corrected chi connectivity index (χ3v) is 5.81. The van der Waals surface area contributed by atoms with Crippen LogP contribution >= 0.6 is 23.2 Å². The molecule has 1 atom stereocenters. The Morgan fingerprint density at radius 1 is 1.19 bits per heavy atom. The normalized spacial score (nSPS) is 18.0. The van der Waals surface area contributed by atoms with Crippen molar-refractivity contribution in [3.8, 4) is 11.1 Å². The van der Waals surface area contributed by atoms with Gasteiger partial charge in [-0.2, -0.15) is 0 Å². The molecule has 0 aromatic heterocycles. The average molecular weight is 407 g/mol. The Balaban J connectivity index is 2.22. The highest BCUT2D eigenvalue weighted by Gasteiger charge is 2.26. The van der Waals surface area contributed by atoms with Crippen LogP contribution < -0.4 is 0 Å². The molecule has 0 aliphatic heterocycles. The number of Topliss-reactive ketones (excluding diaryl/α,β-unsaturated/α-hetero) is 1. The zero-order chi connectivity index (χ0) is 19.7. The van der Waals surface area contributed by atoms with Crippen LogP contribution in [0.2, 0.25) is 10.0 Å². The number of aliphatic hydroxyl groups excluding tert-OH is 1. The van der Waals surface area contributed by atoms with Crippen LogP contribution in [0.5, 0.6) is 0 Å². The number of carbonyl (C=O) groups excluding carboxylic acids is 1. The first kappa shape index (κ1) is 19.9. The summed E-state index contributed by atoms with van der Waals surface area (Å²) in [6.07, 6.45) is 2.64. The van der Waals surface area contributed by atoms with Crippen molar-refractivity contribution in [3.63, 3.8) is 0 Å². The summed E-state index contributed by atoms with van der Waals surface area (Å²) in [6, 6.07) is 8.68. The summed E-state index contributed by atoms with van der Waals surface area (Å²) >= 11 is 12.0. The summed E-state index contributed by atoms with van der Waals surface area (Å²) in [4.78, 5) is 12.7. The number of aliphatic hydroxyl groups is 1. The van der Waals surface area contributed by atoms with Crippen LogP contribution in [-0.4, -0.2) is 10.9 Å². The molecule has 0 radical (unpaired) electrons. The van der Waals surface area contributed by atoms with Gasteiger partial charge in [0.2, 0.25) is 0 Å². The molecule has 27 heavy (non-hydrogen) atoms. The van der Waals surface area contributed by atoms with Crippen LogP contribution in [-0.2, 0) is 11.2 Å². The summed E-state index contributed by atoms with van der Waals surface area (Å²) in [5.41, 5.74) is 3.19. The highest BCUT2D eigenvalue weighted by molar-refractivity contribution is 6.36. The molecule has 142 valence electrons. The van der Waals surface area contributed by atoms with E-state index in [2.05, 4.69) is 0 Å². The standard InChI is InChI=1S/C22H21Cl2FO2/c1-3-13-7-8-14(15-9-10-17(23)21(25)20(15)24)11-16(13)19-18(26)6-4-5-12(2)22(19)27/h7-12,27H,3-6H2,1-2H3/t12-/m1/s1. The van der Waals surface area contributed by atoms with Crippen molar-refractivity contribution in [1.29, 1.82) is 0 Å². The maximum Gasteiger partial charge on any atom is 0.166 e. The summed E-state index contributed by atoms with van der Waals surface area (Å²) in [5, 5.41) is 10.6. The van der Waals surface area contributed by atoms with E-state index in [0.717, 1.165) is 18.4 Å². The second-order valence-electron chi connectivity index (χ2n) is 6.93. The number of carbonyl (C=O) groups is 1. The van der Waals surface area contributed by atoms with Crippen molar-refractivity contribution in [2.45, 2.75) is 39.5 Å². The van der Waals surface area contributed by atoms with Crippen LogP contribution in [0.15, 0.2) is 36.1 Å². The smallest absolute Gasteiger partial charge is 0.166 e. The molecule has 3 rings (SSSR count). The minimum Gasteiger partial charge on any atom is -0.511 e. The Bertz CT molecular complexity index is 934. The lowest BCUT2D eigenvalue weighted by Crippen LogP contribution is -2.08. The summed E-state index contributed by atoms with van der Waals surface area (Å²) < 4.78 is 14.1. The predicted octanol–water partition coefficient (Wildman–Crippen LogP) is 7.02. The largest absolute Gasteiger partial charge is 0.511 e. The van der Waals surface area contributed by atoms with E-state index in [1.54, 1.807) is 6.07 Å². The molecule has 0 saturated heterocycles. The molecule has 0 unspecified atom stereocenters. The third kappa shape index (κ3) is 3.76. The van der Waals surface area contributed by atoms with Gasteiger partial charge in [0, 0.05) is 17.9 Å². The topological polar surface area (TPSA) is 37.3 Å². The molecular formula is C22H21Cl2FO2. The van der Waals surface area contributed by atoms with Gasteiger partial charge in [0.25, 0.3) is 0 Å². The Morgan fingerprint density at radius 3 is 2.63 bits per heavy atom. The molecule has 2 nitrogen and oxygen atoms in total. The molecule has 2 aromatic carbocycles. The van der Waals surface area contributed by atoms with E-state index in [9.17, 15) is 14.3 Å². The molecule has 2 aromatic rings. The maximum absolute atomic E-state index is 14.1. The lowest BCUT2D eigenvalue weighted by atomic mass is 9.89. The molecule has 1 aliphatic rings. The fraction of sp³-hybridized carbons (Fsp3) is 0.318. The fourth-order valence-electron chi connectivity index (χ4n) is 3.54. The van der Waals surface area contributed by atoms with Gasteiger partial charge in [0.15, 0.2) is 11.6 Å². The summed E-state index contributed by atoms with van der Waals surface area (Å²) in [5.74, 6) is -0.663. The molecule has 1 aliphatic carbocycles. The van der Waals surface area contributed by atoms with Gasteiger partial charge in [0.05, 0.1) is 15.6 Å². The second kappa shape index (κ2) is 8.04. The Labute approximate surface area is 168 Å². The number of hydrogen-bond acceptors (Lipinski definition) is 2. The Kier molecular flexibility index (Phi) is 5.92. The Hall–Kier alpha value is -1.84. The van der Waals surface area contributed by atoms with Gasteiger partial charge >= 0.3 is 0 Å². The summed E-state index contributed by atoms with van der Waals surface area (Å²) in [6.45, 7) is 3.92. The van der Waals surface area contributed by atoms with E-state index in [4.69, 9.17) is 23.2 Å². The van der Waals surface area contributed by atoms with Crippen molar-refractivity contribution in [2.75, 3.05) is 0 Å². The van der Waals surface area contributed by atoms with Gasteiger partial charge in [-0.25, -0.2) is 4.39 Å². The van der Waals surface area contributed by atoms with E-state index in [0.29, 0.717) is 35.1 Å². The van der Waals surface area contributed by atoms with Crippen LogP contribution in [0.25, 0.3) is 16.7 Å². The lowest BCUT2D eigenvalue weighted by Gasteiger charge is -2.16. The van der Waals surface area contributed by atoms with Crippen molar-refractivity contribution in [1.82, 2.24) is 0 Å². The average Bonchev–Trinajstić information content (AvgIpc) is 2.78. The number of aryl methyl sites for hydroxylation is 1. The molecular weight excluding hydrogens is 386 g/mol. The third-order valence-electron chi connectivity index (χ3n) is 5.15. The SMILES string of the molecule is CCc1ccc(-c2ccc(Cl)c(F)c2Cl)cc1C1=C(O)[C@H](C)CCCC1=O.